The summed E-state index contributed by atoms with van der Waals surface area (Å²) in [4.78, 5) is 18.6. The fourth-order valence-electron chi connectivity index (χ4n) is 2.95. The number of thioether (sulfide) groups is 1. The maximum absolute atomic E-state index is 12.9. The highest BCUT2D eigenvalue weighted by Crippen LogP contribution is 2.44. The number of pyridine rings is 1. The highest BCUT2D eigenvalue weighted by Gasteiger charge is 2.33. The van der Waals surface area contributed by atoms with E-state index in [-0.39, 0.29) is 11.2 Å². The van der Waals surface area contributed by atoms with Crippen molar-refractivity contribution in [2.45, 2.75) is 29.3 Å². The van der Waals surface area contributed by atoms with Crippen molar-refractivity contribution in [3.63, 3.8) is 0 Å². The third kappa shape index (κ3) is 3.73. The average molecular weight is 379 g/mol. The van der Waals surface area contributed by atoms with Crippen molar-refractivity contribution in [2.75, 3.05) is 14.1 Å². The average Bonchev–Trinajstić information content (AvgIpc) is 3.46. The molecular weight excluding hydrogens is 358 g/mol. The third-order valence-corrected chi connectivity index (χ3v) is 5.70. The Morgan fingerprint density at radius 1 is 1.11 bits per heavy atom. The Morgan fingerprint density at radius 3 is 2.44 bits per heavy atom. The fourth-order valence-corrected chi connectivity index (χ4v) is 4.20. The van der Waals surface area contributed by atoms with Crippen molar-refractivity contribution < 1.29 is 4.79 Å². The molecule has 27 heavy (non-hydrogen) atoms. The van der Waals surface area contributed by atoms with Crippen LogP contribution in [0.3, 0.4) is 0 Å². The molecule has 1 fully saturated rings. The predicted octanol–water partition coefficient (Wildman–Crippen LogP) is 3.60. The van der Waals surface area contributed by atoms with E-state index in [1.165, 1.54) is 11.8 Å². The molecule has 0 saturated heterocycles. The lowest BCUT2D eigenvalue weighted by atomic mass is 10.1. The van der Waals surface area contributed by atoms with Gasteiger partial charge in [-0.2, -0.15) is 0 Å². The van der Waals surface area contributed by atoms with Crippen LogP contribution in [0.2, 0.25) is 0 Å². The second-order valence-electron chi connectivity index (χ2n) is 6.78. The molecule has 7 heteroatoms. The Balaban J connectivity index is 1.72. The third-order valence-electron chi connectivity index (χ3n) is 4.51. The monoisotopic (exact) mass is 379 g/mol. The van der Waals surface area contributed by atoms with Crippen molar-refractivity contribution in [1.82, 2.24) is 24.6 Å². The number of aromatic nitrogens is 4. The summed E-state index contributed by atoms with van der Waals surface area (Å²) in [5, 5.41) is 9.32. The number of carbonyl (C=O) groups is 1. The van der Waals surface area contributed by atoms with Gasteiger partial charge in [0.1, 0.15) is 5.25 Å². The van der Waals surface area contributed by atoms with Gasteiger partial charge in [-0.1, -0.05) is 42.1 Å². The Bertz CT molecular complexity index is 922. The minimum Gasteiger partial charge on any atom is -0.348 e. The quantitative estimate of drug-likeness (QED) is 0.613. The van der Waals surface area contributed by atoms with Gasteiger partial charge in [-0.05, 0) is 30.5 Å². The van der Waals surface area contributed by atoms with Crippen LogP contribution in [0.1, 0.15) is 29.7 Å². The van der Waals surface area contributed by atoms with Crippen molar-refractivity contribution in [2.24, 2.45) is 0 Å². The van der Waals surface area contributed by atoms with Gasteiger partial charge in [0.2, 0.25) is 5.91 Å². The molecule has 1 aliphatic rings. The van der Waals surface area contributed by atoms with Crippen molar-refractivity contribution >= 4 is 17.7 Å². The van der Waals surface area contributed by atoms with E-state index in [0.29, 0.717) is 6.04 Å². The predicted molar refractivity (Wildman–Crippen MR) is 105 cm³/mol. The SMILES string of the molecule is CN(C)C(=O)C(Sc1nnc(-c2ccncc2)n1C1CC1)c1ccccc1. The summed E-state index contributed by atoms with van der Waals surface area (Å²) in [5.41, 5.74) is 1.96. The van der Waals surface area contributed by atoms with Gasteiger partial charge in [0, 0.05) is 38.1 Å². The van der Waals surface area contributed by atoms with Crippen LogP contribution < -0.4 is 0 Å². The van der Waals surface area contributed by atoms with E-state index in [1.807, 2.05) is 42.5 Å². The largest absolute Gasteiger partial charge is 0.348 e. The Labute approximate surface area is 162 Å². The number of benzene rings is 1. The van der Waals surface area contributed by atoms with Crippen molar-refractivity contribution in [3.8, 4) is 11.4 Å². The number of nitrogens with zero attached hydrogens (tertiary/aromatic N) is 5. The molecule has 1 aliphatic carbocycles. The van der Waals surface area contributed by atoms with E-state index in [2.05, 4.69) is 19.7 Å². The lowest BCUT2D eigenvalue weighted by Crippen LogP contribution is -2.27. The number of rotatable bonds is 6. The molecule has 1 aromatic carbocycles. The highest BCUT2D eigenvalue weighted by molar-refractivity contribution is 8.00. The molecule has 1 atom stereocenters. The van der Waals surface area contributed by atoms with Crippen LogP contribution in [-0.4, -0.2) is 44.7 Å². The summed E-state index contributed by atoms with van der Waals surface area (Å²) in [6.45, 7) is 0. The lowest BCUT2D eigenvalue weighted by Gasteiger charge is -2.20. The number of carbonyl (C=O) groups excluding carboxylic acids is 1. The van der Waals surface area contributed by atoms with Gasteiger partial charge < -0.3 is 4.90 Å². The van der Waals surface area contributed by atoms with E-state index in [0.717, 1.165) is 34.9 Å². The summed E-state index contributed by atoms with van der Waals surface area (Å²) in [6, 6.07) is 14.1. The van der Waals surface area contributed by atoms with Gasteiger partial charge >= 0.3 is 0 Å². The van der Waals surface area contributed by atoms with Crippen molar-refractivity contribution in [1.29, 1.82) is 0 Å². The zero-order valence-electron chi connectivity index (χ0n) is 15.3. The van der Waals surface area contributed by atoms with E-state index in [1.54, 1.807) is 31.4 Å². The molecule has 138 valence electrons. The summed E-state index contributed by atoms with van der Waals surface area (Å²) < 4.78 is 2.18. The van der Waals surface area contributed by atoms with E-state index < -0.39 is 0 Å². The van der Waals surface area contributed by atoms with Crippen LogP contribution in [0, 0.1) is 0 Å². The van der Waals surface area contributed by atoms with Gasteiger partial charge in [0.15, 0.2) is 11.0 Å². The maximum atomic E-state index is 12.9. The molecule has 0 radical (unpaired) electrons. The van der Waals surface area contributed by atoms with Gasteiger partial charge in [0.05, 0.1) is 0 Å². The molecule has 6 nitrogen and oxygen atoms in total. The van der Waals surface area contributed by atoms with E-state index in [4.69, 9.17) is 0 Å². The molecule has 2 aromatic heterocycles. The standard InChI is InChI=1S/C20H21N5OS/c1-24(2)19(26)17(14-6-4-3-5-7-14)27-20-23-22-18(25(20)16-8-9-16)15-10-12-21-13-11-15/h3-7,10-13,16-17H,8-9H2,1-2H3. The molecule has 0 aliphatic heterocycles. The summed E-state index contributed by atoms with van der Waals surface area (Å²) in [7, 11) is 3.57. The van der Waals surface area contributed by atoms with Crippen LogP contribution >= 0.6 is 11.8 Å². The lowest BCUT2D eigenvalue weighted by molar-refractivity contribution is -0.128. The maximum Gasteiger partial charge on any atom is 0.240 e. The molecule has 1 amide bonds. The number of hydrogen-bond donors (Lipinski definition) is 0. The summed E-state index contributed by atoms with van der Waals surface area (Å²) in [5.74, 6) is 0.883. The normalized spacial score (nSPS) is 14.7. The van der Waals surface area contributed by atoms with Gasteiger partial charge in [-0.25, -0.2) is 0 Å². The van der Waals surface area contributed by atoms with Crippen LogP contribution in [0.5, 0.6) is 0 Å². The summed E-state index contributed by atoms with van der Waals surface area (Å²) in [6.07, 6.45) is 5.75. The van der Waals surface area contributed by atoms with Crippen LogP contribution in [0.15, 0.2) is 60.0 Å². The zero-order chi connectivity index (χ0) is 18.8. The fraction of sp³-hybridized carbons (Fsp3) is 0.300. The second-order valence-corrected chi connectivity index (χ2v) is 7.86. The smallest absolute Gasteiger partial charge is 0.240 e. The van der Waals surface area contributed by atoms with Crippen LogP contribution in [-0.2, 0) is 4.79 Å². The van der Waals surface area contributed by atoms with Gasteiger partial charge in [-0.15, -0.1) is 10.2 Å². The Morgan fingerprint density at radius 2 is 1.81 bits per heavy atom. The Hall–Kier alpha value is -2.67. The molecule has 4 rings (SSSR count). The second kappa shape index (κ2) is 7.52. The minimum atomic E-state index is -0.354. The first-order valence-corrected chi connectivity index (χ1v) is 9.81. The number of hydrogen-bond acceptors (Lipinski definition) is 5. The first kappa shape index (κ1) is 17.7. The van der Waals surface area contributed by atoms with Crippen molar-refractivity contribution in [3.05, 3.63) is 60.4 Å². The molecule has 0 N–H and O–H groups in total. The molecule has 1 unspecified atom stereocenters. The van der Waals surface area contributed by atoms with Crippen LogP contribution in [0.4, 0.5) is 0 Å². The molecular formula is C20H21N5OS. The molecule has 0 bridgehead atoms. The van der Waals surface area contributed by atoms with E-state index in [9.17, 15) is 4.79 Å². The van der Waals surface area contributed by atoms with Gasteiger partial charge in [-0.3, -0.25) is 14.3 Å². The number of likely N-dealkylation sites (N-methyl/N-ethyl adjacent to an activating group) is 1. The first-order chi connectivity index (χ1) is 13.1. The Kier molecular flexibility index (Phi) is 4.94. The van der Waals surface area contributed by atoms with Gasteiger partial charge in [0.25, 0.3) is 0 Å². The molecule has 2 heterocycles. The zero-order valence-corrected chi connectivity index (χ0v) is 16.1. The highest BCUT2D eigenvalue weighted by atomic mass is 32.2. The molecule has 0 spiro atoms. The first-order valence-electron chi connectivity index (χ1n) is 8.93. The topological polar surface area (TPSA) is 63.9 Å². The molecule has 1 saturated carbocycles. The molecule has 3 aromatic rings. The van der Waals surface area contributed by atoms with Crippen LogP contribution in [0.25, 0.3) is 11.4 Å². The summed E-state index contributed by atoms with van der Waals surface area (Å²) >= 11 is 1.47. The van der Waals surface area contributed by atoms with E-state index >= 15 is 0 Å². The number of amides is 1. The minimum absolute atomic E-state index is 0.0435.